The molecule has 0 aliphatic rings. The number of hydrogen-bond donors (Lipinski definition) is 2. The van der Waals surface area contributed by atoms with Crippen LogP contribution in [0.5, 0.6) is 0 Å². The van der Waals surface area contributed by atoms with Crippen LogP contribution in [0.2, 0.25) is 0 Å². The Kier molecular flexibility index (Phi) is 9.09. The maximum absolute atomic E-state index is 11.1. The van der Waals surface area contributed by atoms with E-state index >= 15 is 0 Å². The summed E-state index contributed by atoms with van der Waals surface area (Å²) in [4.78, 5) is 11.1. The number of nitrogens with one attached hydrogen (secondary N) is 1. The smallest absolute Gasteiger partial charge is 0.308 e. The lowest BCUT2D eigenvalue weighted by molar-refractivity contribution is -0.145. The summed E-state index contributed by atoms with van der Waals surface area (Å²) >= 11 is 0. The van der Waals surface area contributed by atoms with Gasteiger partial charge in [-0.25, -0.2) is 0 Å². The summed E-state index contributed by atoms with van der Waals surface area (Å²) in [6, 6.07) is 0.363. The van der Waals surface area contributed by atoms with Crippen molar-refractivity contribution in [3.63, 3.8) is 0 Å². The zero-order chi connectivity index (χ0) is 13.3. The molecule has 102 valence electrons. The summed E-state index contributed by atoms with van der Waals surface area (Å²) in [7, 11) is 0. The Morgan fingerprint density at radius 1 is 1.35 bits per heavy atom. The van der Waals surface area contributed by atoms with Gasteiger partial charge in [0.2, 0.25) is 0 Å². The second-order valence-corrected chi connectivity index (χ2v) is 4.72. The van der Waals surface area contributed by atoms with Crippen molar-refractivity contribution in [3.8, 4) is 0 Å². The summed E-state index contributed by atoms with van der Waals surface area (Å²) in [5.41, 5.74) is 0. The van der Waals surface area contributed by atoms with E-state index in [-0.39, 0.29) is 12.4 Å². The van der Waals surface area contributed by atoms with E-state index in [4.69, 9.17) is 4.74 Å². The van der Waals surface area contributed by atoms with Gasteiger partial charge in [-0.05, 0) is 26.2 Å². The lowest BCUT2D eigenvalue weighted by Gasteiger charge is -2.19. The van der Waals surface area contributed by atoms with Gasteiger partial charge in [-0.2, -0.15) is 0 Å². The second kappa shape index (κ2) is 9.42. The van der Waals surface area contributed by atoms with Gasteiger partial charge < -0.3 is 15.2 Å². The van der Waals surface area contributed by atoms with Crippen molar-refractivity contribution in [2.24, 2.45) is 5.92 Å². The molecule has 2 N–H and O–H groups in total. The SMILES string of the molecule is CCOC(=O)CC(O)CNC(C)CC(C)CC. The molecule has 0 aromatic carbocycles. The number of carbonyl (C=O) groups excluding carboxylic acids is 1. The standard InChI is InChI=1S/C13H27NO3/c1-5-10(3)7-11(4)14-9-12(15)8-13(16)17-6-2/h10-12,14-15H,5-9H2,1-4H3. The van der Waals surface area contributed by atoms with E-state index in [2.05, 4.69) is 26.1 Å². The third kappa shape index (κ3) is 9.12. The van der Waals surface area contributed by atoms with Crippen LogP contribution in [0.4, 0.5) is 0 Å². The highest BCUT2D eigenvalue weighted by molar-refractivity contribution is 5.69. The molecule has 17 heavy (non-hydrogen) atoms. The van der Waals surface area contributed by atoms with E-state index in [0.717, 1.165) is 12.8 Å². The lowest BCUT2D eigenvalue weighted by Crippen LogP contribution is -2.35. The fraction of sp³-hybridized carbons (Fsp3) is 0.923. The third-order valence-electron chi connectivity index (χ3n) is 2.86. The number of esters is 1. The van der Waals surface area contributed by atoms with Gasteiger partial charge in [0.1, 0.15) is 0 Å². The van der Waals surface area contributed by atoms with Crippen molar-refractivity contribution in [3.05, 3.63) is 0 Å². The molecule has 0 saturated carbocycles. The number of carbonyl (C=O) groups is 1. The van der Waals surface area contributed by atoms with E-state index < -0.39 is 6.10 Å². The van der Waals surface area contributed by atoms with Gasteiger partial charge >= 0.3 is 5.97 Å². The van der Waals surface area contributed by atoms with Crippen LogP contribution in [0.25, 0.3) is 0 Å². The van der Waals surface area contributed by atoms with Crippen molar-refractivity contribution < 1.29 is 14.6 Å². The van der Waals surface area contributed by atoms with Crippen LogP contribution in [0, 0.1) is 5.92 Å². The molecular formula is C13H27NO3. The molecule has 4 nitrogen and oxygen atoms in total. The number of hydrogen-bond acceptors (Lipinski definition) is 4. The molecule has 3 atom stereocenters. The van der Waals surface area contributed by atoms with Crippen LogP contribution in [0.1, 0.15) is 47.0 Å². The van der Waals surface area contributed by atoms with Crippen LogP contribution in [-0.2, 0) is 9.53 Å². The second-order valence-electron chi connectivity index (χ2n) is 4.72. The Morgan fingerprint density at radius 2 is 2.00 bits per heavy atom. The summed E-state index contributed by atoms with van der Waals surface area (Å²) in [6.07, 6.45) is 1.66. The first kappa shape index (κ1) is 16.4. The van der Waals surface area contributed by atoms with E-state index in [1.54, 1.807) is 6.92 Å². The zero-order valence-electron chi connectivity index (χ0n) is 11.5. The van der Waals surface area contributed by atoms with Gasteiger partial charge in [-0.1, -0.05) is 20.3 Å². The van der Waals surface area contributed by atoms with Gasteiger partial charge in [0.05, 0.1) is 19.1 Å². The average molecular weight is 245 g/mol. The van der Waals surface area contributed by atoms with Crippen molar-refractivity contribution >= 4 is 5.97 Å². The van der Waals surface area contributed by atoms with Crippen LogP contribution in [-0.4, -0.2) is 36.4 Å². The molecule has 0 heterocycles. The summed E-state index contributed by atoms with van der Waals surface area (Å²) in [6.45, 7) is 9.06. The van der Waals surface area contributed by atoms with Gasteiger partial charge in [0, 0.05) is 12.6 Å². The van der Waals surface area contributed by atoms with E-state index in [1.165, 1.54) is 0 Å². The fourth-order valence-electron chi connectivity index (χ4n) is 1.68. The van der Waals surface area contributed by atoms with Gasteiger partial charge in [0.15, 0.2) is 0 Å². The number of aliphatic hydroxyl groups excluding tert-OH is 1. The summed E-state index contributed by atoms with van der Waals surface area (Å²) in [5.74, 6) is 0.344. The molecule has 0 aliphatic heterocycles. The predicted octanol–water partition coefficient (Wildman–Crippen LogP) is 1.71. The van der Waals surface area contributed by atoms with Gasteiger partial charge in [-0.3, -0.25) is 4.79 Å². The van der Waals surface area contributed by atoms with Gasteiger partial charge in [-0.15, -0.1) is 0 Å². The predicted molar refractivity (Wildman–Crippen MR) is 68.8 cm³/mol. The molecule has 0 rings (SSSR count). The Morgan fingerprint density at radius 3 is 2.53 bits per heavy atom. The molecule has 0 bridgehead atoms. The van der Waals surface area contributed by atoms with E-state index in [0.29, 0.717) is 25.1 Å². The molecule has 0 aromatic rings. The Bertz CT molecular complexity index is 209. The van der Waals surface area contributed by atoms with Crippen LogP contribution < -0.4 is 5.32 Å². The first-order valence-corrected chi connectivity index (χ1v) is 6.56. The number of rotatable bonds is 9. The van der Waals surface area contributed by atoms with Crippen LogP contribution in [0.3, 0.4) is 0 Å². The number of aliphatic hydroxyl groups is 1. The maximum Gasteiger partial charge on any atom is 0.308 e. The normalized spacial score (nSPS) is 16.3. The molecule has 0 spiro atoms. The highest BCUT2D eigenvalue weighted by Gasteiger charge is 2.13. The largest absolute Gasteiger partial charge is 0.466 e. The molecule has 0 aromatic heterocycles. The first-order chi connectivity index (χ1) is 7.99. The minimum atomic E-state index is -0.659. The Hall–Kier alpha value is -0.610. The monoisotopic (exact) mass is 245 g/mol. The Balaban J connectivity index is 3.68. The molecule has 3 unspecified atom stereocenters. The van der Waals surface area contributed by atoms with E-state index in [1.807, 2.05) is 0 Å². The maximum atomic E-state index is 11.1. The van der Waals surface area contributed by atoms with Crippen molar-refractivity contribution in [1.29, 1.82) is 0 Å². The molecular weight excluding hydrogens is 218 g/mol. The van der Waals surface area contributed by atoms with Gasteiger partial charge in [0.25, 0.3) is 0 Å². The zero-order valence-corrected chi connectivity index (χ0v) is 11.5. The Labute approximate surface area is 105 Å². The molecule has 0 radical (unpaired) electrons. The summed E-state index contributed by atoms with van der Waals surface area (Å²) in [5, 5.41) is 12.9. The molecule has 0 saturated heterocycles. The minimum Gasteiger partial charge on any atom is -0.466 e. The van der Waals surface area contributed by atoms with Crippen LogP contribution in [0.15, 0.2) is 0 Å². The lowest BCUT2D eigenvalue weighted by atomic mass is 10.0. The highest BCUT2D eigenvalue weighted by Crippen LogP contribution is 2.09. The minimum absolute atomic E-state index is 0.0664. The fourth-order valence-corrected chi connectivity index (χ4v) is 1.68. The quantitative estimate of drug-likeness (QED) is 0.607. The average Bonchev–Trinajstić information content (AvgIpc) is 2.26. The summed E-state index contributed by atoms with van der Waals surface area (Å²) < 4.78 is 4.77. The molecule has 4 heteroatoms. The van der Waals surface area contributed by atoms with Crippen molar-refractivity contribution in [2.45, 2.75) is 59.1 Å². The third-order valence-corrected chi connectivity index (χ3v) is 2.86. The topological polar surface area (TPSA) is 58.6 Å². The number of ether oxygens (including phenoxy) is 1. The van der Waals surface area contributed by atoms with Crippen molar-refractivity contribution in [2.75, 3.05) is 13.2 Å². The molecule has 0 fully saturated rings. The molecule has 0 amide bonds. The van der Waals surface area contributed by atoms with Crippen LogP contribution >= 0.6 is 0 Å². The molecule has 0 aliphatic carbocycles. The van der Waals surface area contributed by atoms with E-state index in [9.17, 15) is 9.90 Å². The first-order valence-electron chi connectivity index (χ1n) is 6.56. The van der Waals surface area contributed by atoms with Crippen molar-refractivity contribution in [1.82, 2.24) is 5.32 Å². The highest BCUT2D eigenvalue weighted by atomic mass is 16.5.